The molecule has 2 N–H and O–H groups in total. The van der Waals surface area contributed by atoms with Crippen LogP contribution in [0.4, 0.5) is 0 Å². The summed E-state index contributed by atoms with van der Waals surface area (Å²) in [4.78, 5) is 28.6. The fraction of sp³-hybridized carbons (Fsp3) is 0.818. The molecule has 1 unspecified atom stereocenters. The Kier molecular flexibility index (Phi) is 5.61. The number of ether oxygens (including phenoxy) is 1. The summed E-state index contributed by atoms with van der Waals surface area (Å²) < 4.78 is 5.94. The highest BCUT2D eigenvalue weighted by atomic mass is 16.5. The number of ketones is 1. The van der Waals surface area contributed by atoms with Crippen LogP contribution in [0.2, 0.25) is 0 Å². The molecule has 0 aliphatic heterocycles. The Morgan fingerprint density at radius 1 is 1.41 bits per heavy atom. The molecule has 0 aromatic rings. The molecular formula is C22H34N3O4+. The largest absolute Gasteiger partial charge is 0.460 e. The van der Waals surface area contributed by atoms with Gasteiger partial charge in [-0.3, -0.25) is 4.79 Å². The summed E-state index contributed by atoms with van der Waals surface area (Å²) in [5.41, 5.74) is 5.32. The van der Waals surface area contributed by atoms with E-state index in [4.69, 9.17) is 10.3 Å². The molecule has 0 amide bonds. The number of esters is 1. The van der Waals surface area contributed by atoms with Gasteiger partial charge in [-0.15, -0.1) is 6.58 Å². The second-order valence-electron chi connectivity index (χ2n) is 9.96. The minimum absolute atomic E-state index is 0.0532. The first kappa shape index (κ1) is 21.8. The minimum atomic E-state index is -0.680. The van der Waals surface area contributed by atoms with Gasteiger partial charge in [0.15, 0.2) is 0 Å². The van der Waals surface area contributed by atoms with Crippen molar-refractivity contribution >= 4 is 11.8 Å². The Labute approximate surface area is 172 Å². The predicted octanol–water partition coefficient (Wildman–Crippen LogP) is 3.44. The average molecular weight is 405 g/mol. The minimum Gasteiger partial charge on any atom is -0.460 e. The summed E-state index contributed by atoms with van der Waals surface area (Å²) in [6, 6.07) is 0. The van der Waals surface area contributed by atoms with Gasteiger partial charge in [-0.2, -0.15) is 0 Å². The van der Waals surface area contributed by atoms with Crippen LogP contribution in [0.25, 0.3) is 0 Å². The molecule has 0 heterocycles. The molecule has 3 rings (SSSR count). The first-order valence-electron chi connectivity index (χ1n) is 10.6. The molecule has 3 aliphatic carbocycles. The van der Waals surface area contributed by atoms with Gasteiger partial charge in [0, 0.05) is 23.2 Å². The summed E-state index contributed by atoms with van der Waals surface area (Å²) in [5, 5.41) is 14.8. The number of aliphatic hydroxyl groups is 1. The van der Waals surface area contributed by atoms with Crippen LogP contribution >= 0.6 is 0 Å². The van der Waals surface area contributed by atoms with Gasteiger partial charge in [-0.1, -0.05) is 33.8 Å². The third kappa shape index (κ3) is 3.10. The number of carbonyl (C=O) groups is 2. The van der Waals surface area contributed by atoms with Crippen LogP contribution in [-0.2, 0) is 14.3 Å². The number of nitrogens with zero attached hydrogens (tertiary/aromatic N) is 2. The Hall–Kier alpha value is -1.85. The summed E-state index contributed by atoms with van der Waals surface area (Å²) in [7, 11) is 0. The van der Waals surface area contributed by atoms with Crippen LogP contribution in [-0.4, -0.2) is 35.6 Å². The van der Waals surface area contributed by atoms with Gasteiger partial charge in [-0.05, 0) is 42.9 Å². The molecule has 29 heavy (non-hydrogen) atoms. The van der Waals surface area contributed by atoms with Crippen molar-refractivity contribution in [1.29, 1.82) is 5.53 Å². The molecule has 7 nitrogen and oxygen atoms in total. The van der Waals surface area contributed by atoms with Crippen LogP contribution in [0.1, 0.15) is 59.8 Å². The lowest BCUT2D eigenvalue weighted by atomic mass is 9.44. The van der Waals surface area contributed by atoms with E-state index in [1.54, 1.807) is 6.08 Å². The van der Waals surface area contributed by atoms with Crippen molar-refractivity contribution in [3.05, 3.63) is 12.7 Å². The SMILES string of the molecule is C=C[C@]1(C)C[C@@H](OC(=O)CN=[N+]=N)[C@]2(C)C(C)CC[C@]3(CCC(=O)[C@H]32)[C@@H](C)[C@@H]1O. The van der Waals surface area contributed by atoms with Crippen LogP contribution in [0, 0.1) is 39.5 Å². The van der Waals surface area contributed by atoms with E-state index in [-0.39, 0.29) is 35.5 Å². The number of aliphatic hydroxyl groups excluding tert-OH is 1. The molecule has 3 aliphatic rings. The van der Waals surface area contributed by atoms with E-state index < -0.39 is 29.0 Å². The van der Waals surface area contributed by atoms with Gasteiger partial charge in [0.05, 0.1) is 6.10 Å². The molecule has 0 aromatic heterocycles. The van der Waals surface area contributed by atoms with E-state index in [1.807, 2.05) is 6.92 Å². The fourth-order valence-corrected chi connectivity index (χ4v) is 6.79. The molecule has 2 bridgehead atoms. The van der Waals surface area contributed by atoms with Crippen LogP contribution in [0.3, 0.4) is 0 Å². The highest BCUT2D eigenvalue weighted by Crippen LogP contribution is 2.67. The van der Waals surface area contributed by atoms with Gasteiger partial charge in [0.25, 0.3) is 0 Å². The third-order valence-corrected chi connectivity index (χ3v) is 8.85. The first-order valence-corrected chi connectivity index (χ1v) is 10.6. The average Bonchev–Trinajstić information content (AvgIpc) is 3.05. The van der Waals surface area contributed by atoms with Gasteiger partial charge in [0.2, 0.25) is 11.5 Å². The Bertz CT molecular complexity index is 763. The zero-order valence-corrected chi connectivity index (χ0v) is 18.0. The van der Waals surface area contributed by atoms with E-state index >= 15 is 0 Å². The van der Waals surface area contributed by atoms with Crippen molar-refractivity contribution in [3.63, 3.8) is 0 Å². The zero-order valence-electron chi connectivity index (χ0n) is 18.0. The molecular weight excluding hydrogens is 370 g/mol. The quantitative estimate of drug-likeness (QED) is 0.323. The smallest absolute Gasteiger partial charge is 0.335 e. The van der Waals surface area contributed by atoms with Gasteiger partial charge < -0.3 is 9.84 Å². The first-order chi connectivity index (χ1) is 13.6. The van der Waals surface area contributed by atoms with Crippen molar-refractivity contribution in [3.8, 4) is 0 Å². The van der Waals surface area contributed by atoms with Crippen LogP contribution in [0.5, 0.6) is 0 Å². The maximum absolute atomic E-state index is 13.2. The Morgan fingerprint density at radius 3 is 2.72 bits per heavy atom. The van der Waals surface area contributed by atoms with Crippen molar-refractivity contribution < 1.29 is 19.4 Å². The van der Waals surface area contributed by atoms with E-state index in [0.29, 0.717) is 12.8 Å². The van der Waals surface area contributed by atoms with Crippen LogP contribution in [0.15, 0.2) is 17.8 Å². The molecule has 0 saturated heterocycles. The fourth-order valence-electron chi connectivity index (χ4n) is 6.79. The monoisotopic (exact) mass is 404 g/mol. The molecule has 8 atom stereocenters. The third-order valence-electron chi connectivity index (χ3n) is 8.85. The van der Waals surface area contributed by atoms with Crippen molar-refractivity contribution in [2.75, 3.05) is 6.54 Å². The second-order valence-corrected chi connectivity index (χ2v) is 9.96. The van der Waals surface area contributed by atoms with Gasteiger partial charge in [-0.25, -0.2) is 4.79 Å². The number of hydrogen-bond acceptors (Lipinski definition) is 6. The molecule has 160 valence electrons. The van der Waals surface area contributed by atoms with E-state index in [0.717, 1.165) is 19.3 Å². The standard InChI is InChI=1S/C22H34N3O4/c1-6-20(4)11-16(29-17(27)12-24-25-23)21(5)13(2)7-9-22(14(3)19(20)28)10-8-15(26)18(21)22/h6,13-14,16,18-19,23,28H,1,7-12H2,2-5H3/q+1/t13?,14-,16+,18-,19-,20+,21-,22-/m0/s1. The second kappa shape index (κ2) is 7.44. The lowest BCUT2D eigenvalue weighted by Crippen LogP contribution is -2.63. The van der Waals surface area contributed by atoms with Crippen LogP contribution < -0.4 is 4.91 Å². The summed E-state index contributed by atoms with van der Waals surface area (Å²) in [6.45, 7) is 11.9. The number of carbonyl (C=O) groups excluding carboxylic acids is 2. The maximum atomic E-state index is 13.2. The molecule has 0 aromatic carbocycles. The maximum Gasteiger partial charge on any atom is 0.335 e. The van der Waals surface area contributed by atoms with Gasteiger partial charge in [0.1, 0.15) is 22.5 Å². The van der Waals surface area contributed by atoms with E-state index in [9.17, 15) is 14.7 Å². The summed E-state index contributed by atoms with van der Waals surface area (Å²) in [5.74, 6) is -0.437. The lowest BCUT2D eigenvalue weighted by Gasteiger charge is -2.61. The number of nitrogens with one attached hydrogen (secondary N) is 1. The molecule has 0 spiro atoms. The van der Waals surface area contributed by atoms with Crippen molar-refractivity contribution in [2.45, 2.75) is 72.0 Å². The highest BCUT2D eigenvalue weighted by molar-refractivity contribution is 5.85. The Balaban J connectivity index is 2.16. The predicted molar refractivity (Wildman–Crippen MR) is 107 cm³/mol. The zero-order chi connectivity index (χ0) is 21.6. The van der Waals surface area contributed by atoms with Gasteiger partial charge >= 0.3 is 5.97 Å². The number of hydrogen-bond donors (Lipinski definition) is 2. The molecule has 7 heteroatoms. The molecule has 3 saturated carbocycles. The lowest BCUT2D eigenvalue weighted by molar-refractivity contribution is -0.206. The normalized spacial score (nSPS) is 46.7. The Morgan fingerprint density at radius 2 is 2.10 bits per heavy atom. The summed E-state index contributed by atoms with van der Waals surface area (Å²) >= 11 is 0. The number of Topliss-reactive ketones (excluding diaryl/α,β-unsaturated/α-hetero) is 1. The summed E-state index contributed by atoms with van der Waals surface area (Å²) in [6.07, 6.45) is 4.06. The topological polar surface area (TPSA) is 114 Å². The molecule has 3 fully saturated rings. The molecule has 0 radical (unpaired) electrons. The highest BCUT2D eigenvalue weighted by Gasteiger charge is 2.68. The van der Waals surface area contributed by atoms with E-state index in [1.165, 1.54) is 0 Å². The van der Waals surface area contributed by atoms with Crippen molar-refractivity contribution in [1.82, 2.24) is 4.91 Å². The number of rotatable bonds is 4. The van der Waals surface area contributed by atoms with E-state index in [2.05, 4.69) is 37.4 Å². The van der Waals surface area contributed by atoms with Crippen molar-refractivity contribution in [2.24, 2.45) is 39.1 Å².